The normalized spacial score (nSPS) is 9.45. The molecule has 120 valence electrons. The van der Waals surface area contributed by atoms with Crippen LogP contribution >= 0.6 is 0 Å². The molecule has 0 spiro atoms. The van der Waals surface area contributed by atoms with E-state index < -0.39 is 11.6 Å². The lowest BCUT2D eigenvalue weighted by Gasteiger charge is -2.14. The Morgan fingerprint density at radius 2 is 1.59 bits per heavy atom. The number of anilines is 1. The van der Waals surface area contributed by atoms with Crippen LogP contribution in [-0.2, 0) is 0 Å². The standard InChI is InChI=1S/C15H13F2N.2C2H6/c1-4-11-14-9(6-13(16)15(11)17)5-10(18)7-12(14)8(2)3;2*1-2/h1,5-8H,18H2,2-3H3;2*1-2H3. The maximum Gasteiger partial charge on any atom is 0.175 e. The van der Waals surface area contributed by atoms with Crippen molar-refractivity contribution in [2.45, 2.75) is 47.5 Å². The van der Waals surface area contributed by atoms with Crippen LogP contribution in [0.15, 0.2) is 18.2 Å². The molecule has 0 atom stereocenters. The molecule has 22 heavy (non-hydrogen) atoms. The van der Waals surface area contributed by atoms with Gasteiger partial charge < -0.3 is 5.73 Å². The van der Waals surface area contributed by atoms with Crippen molar-refractivity contribution in [3.8, 4) is 12.3 Å². The van der Waals surface area contributed by atoms with Gasteiger partial charge >= 0.3 is 0 Å². The largest absolute Gasteiger partial charge is 0.399 e. The third-order valence-corrected chi connectivity index (χ3v) is 2.95. The second-order valence-corrected chi connectivity index (χ2v) is 4.55. The topological polar surface area (TPSA) is 26.0 Å². The van der Waals surface area contributed by atoms with E-state index in [1.54, 1.807) is 12.1 Å². The highest BCUT2D eigenvalue weighted by Crippen LogP contribution is 2.33. The summed E-state index contributed by atoms with van der Waals surface area (Å²) in [5, 5.41) is 1.10. The van der Waals surface area contributed by atoms with Gasteiger partial charge in [-0.05, 0) is 35.1 Å². The maximum atomic E-state index is 13.7. The van der Waals surface area contributed by atoms with Gasteiger partial charge in [-0.1, -0.05) is 47.5 Å². The Bertz CT molecular complexity index is 667. The number of fused-ring (bicyclic) bond motifs is 1. The number of hydrogen-bond acceptors (Lipinski definition) is 1. The molecule has 2 aromatic carbocycles. The molecule has 0 aromatic heterocycles. The Labute approximate surface area is 132 Å². The van der Waals surface area contributed by atoms with Gasteiger partial charge in [0.15, 0.2) is 11.6 Å². The number of hydrogen-bond donors (Lipinski definition) is 1. The summed E-state index contributed by atoms with van der Waals surface area (Å²) < 4.78 is 27.2. The second-order valence-electron chi connectivity index (χ2n) is 4.55. The van der Waals surface area contributed by atoms with E-state index in [9.17, 15) is 8.78 Å². The molecule has 0 radical (unpaired) electrons. The minimum atomic E-state index is -0.975. The third-order valence-electron chi connectivity index (χ3n) is 2.95. The number of nitrogens with two attached hydrogens (primary N) is 1. The Balaban J connectivity index is 0.00000102. The van der Waals surface area contributed by atoms with Crippen LogP contribution in [0, 0.1) is 24.0 Å². The van der Waals surface area contributed by atoms with E-state index >= 15 is 0 Å². The van der Waals surface area contributed by atoms with E-state index in [4.69, 9.17) is 12.2 Å². The van der Waals surface area contributed by atoms with Crippen LogP contribution in [0.4, 0.5) is 14.5 Å². The van der Waals surface area contributed by atoms with Gasteiger partial charge in [-0.25, -0.2) is 8.78 Å². The zero-order chi connectivity index (χ0) is 17.4. The predicted octanol–water partition coefficient (Wildman–Crippen LogP) is 5.86. The van der Waals surface area contributed by atoms with E-state index in [1.165, 1.54) is 0 Å². The zero-order valence-electron chi connectivity index (χ0n) is 14.2. The van der Waals surface area contributed by atoms with Crippen LogP contribution in [0.3, 0.4) is 0 Å². The summed E-state index contributed by atoms with van der Waals surface area (Å²) in [5.41, 5.74) is 7.09. The molecule has 3 heteroatoms. The first-order valence-corrected chi connectivity index (χ1v) is 7.63. The van der Waals surface area contributed by atoms with Crippen LogP contribution in [0.1, 0.15) is 58.6 Å². The van der Waals surface area contributed by atoms with Crippen molar-refractivity contribution in [3.63, 3.8) is 0 Å². The minimum absolute atomic E-state index is 0.0336. The van der Waals surface area contributed by atoms with Crippen LogP contribution < -0.4 is 5.73 Å². The summed E-state index contributed by atoms with van der Waals surface area (Å²) >= 11 is 0. The Morgan fingerprint density at radius 3 is 2.05 bits per heavy atom. The number of halogens is 2. The fourth-order valence-electron chi connectivity index (χ4n) is 2.13. The highest BCUT2D eigenvalue weighted by atomic mass is 19.2. The first kappa shape index (κ1) is 19.9. The fraction of sp³-hybridized carbons (Fsp3) is 0.368. The molecule has 0 aliphatic carbocycles. The molecule has 2 aromatic rings. The van der Waals surface area contributed by atoms with Gasteiger partial charge in [-0.15, -0.1) is 6.42 Å². The summed E-state index contributed by atoms with van der Waals surface area (Å²) in [7, 11) is 0. The van der Waals surface area contributed by atoms with E-state index in [0.29, 0.717) is 16.5 Å². The molecule has 0 saturated heterocycles. The highest BCUT2D eigenvalue weighted by Gasteiger charge is 2.16. The van der Waals surface area contributed by atoms with Crippen LogP contribution in [0.5, 0.6) is 0 Å². The van der Waals surface area contributed by atoms with Gasteiger partial charge in [-0.2, -0.15) is 0 Å². The van der Waals surface area contributed by atoms with Gasteiger partial charge in [0.05, 0.1) is 5.56 Å². The van der Waals surface area contributed by atoms with Gasteiger partial charge in [0.25, 0.3) is 0 Å². The van der Waals surface area contributed by atoms with Crippen molar-refractivity contribution in [2.24, 2.45) is 0 Å². The lowest BCUT2D eigenvalue weighted by Crippen LogP contribution is -1.99. The zero-order valence-corrected chi connectivity index (χ0v) is 14.2. The van der Waals surface area contributed by atoms with Crippen molar-refractivity contribution in [1.82, 2.24) is 0 Å². The monoisotopic (exact) mass is 305 g/mol. The molecule has 0 aliphatic rings. The summed E-state index contributed by atoms with van der Waals surface area (Å²) in [6.45, 7) is 11.9. The average molecular weight is 305 g/mol. The highest BCUT2D eigenvalue weighted by molar-refractivity contribution is 5.94. The predicted molar refractivity (Wildman–Crippen MR) is 93.0 cm³/mol. The summed E-state index contributed by atoms with van der Waals surface area (Å²) in [4.78, 5) is 0. The van der Waals surface area contributed by atoms with E-state index in [1.807, 2.05) is 41.5 Å². The smallest absolute Gasteiger partial charge is 0.175 e. The second kappa shape index (κ2) is 9.04. The van der Waals surface area contributed by atoms with Gasteiger partial charge in [0.1, 0.15) is 0 Å². The number of rotatable bonds is 1. The van der Waals surface area contributed by atoms with Crippen molar-refractivity contribution >= 4 is 16.5 Å². The Kier molecular flexibility index (Phi) is 8.19. The summed E-state index contributed by atoms with van der Waals surface area (Å²) in [5.74, 6) is 0.433. The van der Waals surface area contributed by atoms with Crippen LogP contribution in [-0.4, -0.2) is 0 Å². The van der Waals surface area contributed by atoms with E-state index in [2.05, 4.69) is 5.92 Å². The summed E-state index contributed by atoms with van der Waals surface area (Å²) in [6.07, 6.45) is 5.30. The lowest BCUT2D eigenvalue weighted by molar-refractivity contribution is 0.509. The molecule has 0 fully saturated rings. The molecule has 0 saturated carbocycles. The van der Waals surface area contributed by atoms with Crippen molar-refractivity contribution < 1.29 is 8.78 Å². The van der Waals surface area contributed by atoms with Crippen molar-refractivity contribution in [2.75, 3.05) is 5.73 Å². The first-order chi connectivity index (χ1) is 10.5. The molecular weight excluding hydrogens is 280 g/mol. The molecule has 0 amide bonds. The molecule has 0 bridgehead atoms. The maximum absolute atomic E-state index is 13.7. The number of nitrogen functional groups attached to an aromatic ring is 1. The molecule has 0 aliphatic heterocycles. The fourth-order valence-corrected chi connectivity index (χ4v) is 2.13. The van der Waals surface area contributed by atoms with Crippen LogP contribution in [0.2, 0.25) is 0 Å². The molecule has 2 rings (SSSR count). The minimum Gasteiger partial charge on any atom is -0.399 e. The lowest BCUT2D eigenvalue weighted by atomic mass is 9.92. The molecule has 1 nitrogen and oxygen atoms in total. The molecule has 2 N–H and O–H groups in total. The number of terminal acetylenes is 1. The van der Waals surface area contributed by atoms with Crippen molar-refractivity contribution in [1.29, 1.82) is 0 Å². The first-order valence-electron chi connectivity index (χ1n) is 7.63. The molecule has 0 unspecified atom stereocenters. The average Bonchev–Trinajstić information content (AvgIpc) is 2.52. The van der Waals surface area contributed by atoms with Crippen molar-refractivity contribution in [3.05, 3.63) is 41.0 Å². The van der Waals surface area contributed by atoms with E-state index in [-0.39, 0.29) is 11.5 Å². The SMILES string of the molecule is C#Cc1c(F)c(F)cc2cc(N)cc(C(C)C)c12.CC.CC. The van der Waals surface area contributed by atoms with Gasteiger partial charge in [-0.3, -0.25) is 0 Å². The molecule has 0 heterocycles. The molecular formula is C19H25F2N. The Morgan fingerprint density at radius 1 is 1.05 bits per heavy atom. The third kappa shape index (κ3) is 3.98. The summed E-state index contributed by atoms with van der Waals surface area (Å²) in [6, 6.07) is 4.49. The van der Waals surface area contributed by atoms with Gasteiger partial charge in [0, 0.05) is 11.1 Å². The number of benzene rings is 2. The van der Waals surface area contributed by atoms with E-state index in [0.717, 1.165) is 11.6 Å². The van der Waals surface area contributed by atoms with Crippen LogP contribution in [0.25, 0.3) is 10.8 Å². The quantitative estimate of drug-likeness (QED) is 0.518. The van der Waals surface area contributed by atoms with Gasteiger partial charge in [0.2, 0.25) is 0 Å². The Hall–Kier alpha value is -2.08.